The van der Waals surface area contributed by atoms with Gasteiger partial charge in [0.25, 0.3) is 0 Å². The maximum atomic E-state index is 13.4. The Morgan fingerprint density at radius 3 is 2.48 bits per heavy atom. The molecule has 1 aliphatic carbocycles. The topological polar surface area (TPSA) is 59.1 Å². The van der Waals surface area contributed by atoms with Crippen molar-refractivity contribution in [2.24, 2.45) is 11.3 Å². The Labute approximate surface area is 177 Å². The summed E-state index contributed by atoms with van der Waals surface area (Å²) in [7, 11) is 0. The maximum Gasteiger partial charge on any atom is 0.242 e. The molecule has 2 aromatic rings. The molecule has 1 amide bonds. The number of aromatic nitrogens is 1. The molecule has 4 nitrogen and oxygen atoms in total. The van der Waals surface area contributed by atoms with Gasteiger partial charge in [0.2, 0.25) is 11.0 Å². The predicted octanol–water partition coefficient (Wildman–Crippen LogP) is 6.34. The third-order valence-electron chi connectivity index (χ3n) is 5.70. The molecular weight excluding hydrogens is 380 g/mol. The largest absolute Gasteiger partial charge is 0.325 e. The van der Waals surface area contributed by atoms with Crippen LogP contribution < -0.4 is 5.32 Å². The second kappa shape index (κ2) is 10.1. The Balaban J connectivity index is 1.76. The minimum atomic E-state index is -0.286. The molecule has 1 aliphatic rings. The van der Waals surface area contributed by atoms with E-state index < -0.39 is 0 Å². The lowest BCUT2D eigenvalue weighted by Gasteiger charge is -2.36. The van der Waals surface area contributed by atoms with Gasteiger partial charge in [-0.15, -0.1) is 0 Å². The summed E-state index contributed by atoms with van der Waals surface area (Å²) in [5.74, 6) is 0.691. The van der Waals surface area contributed by atoms with Crippen molar-refractivity contribution in [1.82, 2.24) is 4.98 Å². The highest BCUT2D eigenvalue weighted by Crippen LogP contribution is 2.42. The second-order valence-corrected chi connectivity index (χ2v) is 9.34. The number of hydrogen-bond donors (Lipinski definition) is 1. The molecule has 1 N–H and O–H groups in total. The van der Waals surface area contributed by atoms with Gasteiger partial charge in [0.1, 0.15) is 5.69 Å². The number of nitrogens with zero attached hydrogens (tertiary/aromatic N) is 1. The molecule has 154 valence electrons. The summed E-state index contributed by atoms with van der Waals surface area (Å²) in [4.78, 5) is 30.9. The van der Waals surface area contributed by atoms with Crippen LogP contribution in [0.25, 0.3) is 0 Å². The summed E-state index contributed by atoms with van der Waals surface area (Å²) in [6.45, 7) is 4.42. The van der Waals surface area contributed by atoms with Crippen molar-refractivity contribution in [2.75, 3.05) is 5.32 Å². The third-order valence-corrected chi connectivity index (χ3v) is 6.67. The zero-order chi connectivity index (χ0) is 20.7. The average Bonchev–Trinajstić information content (AvgIpc) is 2.75. The van der Waals surface area contributed by atoms with E-state index in [4.69, 9.17) is 0 Å². The van der Waals surface area contributed by atoms with Gasteiger partial charge in [-0.1, -0.05) is 51.3 Å². The Hall–Kier alpha value is -2.14. The molecule has 0 spiro atoms. The number of nitrogens with one attached hydrogen (secondary N) is 1. The van der Waals surface area contributed by atoms with Crippen LogP contribution in [-0.2, 0) is 4.79 Å². The van der Waals surface area contributed by atoms with Gasteiger partial charge in [-0.05, 0) is 67.6 Å². The maximum absolute atomic E-state index is 13.4. The van der Waals surface area contributed by atoms with E-state index in [0.717, 1.165) is 55.2 Å². The zero-order valence-corrected chi connectivity index (χ0v) is 18.1. The number of thioether (sulfide) groups is 1. The van der Waals surface area contributed by atoms with Crippen LogP contribution in [0.1, 0.15) is 69.3 Å². The molecule has 29 heavy (non-hydrogen) atoms. The summed E-state index contributed by atoms with van der Waals surface area (Å²) in [5.41, 5.74) is 0.839. The fraction of sp³-hybridized carbons (Fsp3) is 0.458. The molecule has 1 fully saturated rings. The second-order valence-electron chi connectivity index (χ2n) is 8.33. The van der Waals surface area contributed by atoms with E-state index in [-0.39, 0.29) is 16.4 Å². The number of benzene rings is 1. The van der Waals surface area contributed by atoms with Gasteiger partial charge in [0.05, 0.1) is 5.69 Å². The van der Waals surface area contributed by atoms with Crippen molar-refractivity contribution in [1.29, 1.82) is 0 Å². The minimum absolute atomic E-state index is 0.108. The number of anilines is 1. The Morgan fingerprint density at radius 2 is 1.79 bits per heavy atom. The number of carbonyl (C=O) groups is 2. The monoisotopic (exact) mass is 410 g/mol. The van der Waals surface area contributed by atoms with Crippen molar-refractivity contribution in [3.8, 4) is 0 Å². The number of rotatable bonds is 7. The van der Waals surface area contributed by atoms with Crippen LogP contribution in [-0.4, -0.2) is 16.0 Å². The van der Waals surface area contributed by atoms with Gasteiger partial charge in [-0.2, -0.15) is 0 Å². The van der Waals surface area contributed by atoms with Crippen molar-refractivity contribution in [3.05, 3.63) is 54.4 Å². The van der Waals surface area contributed by atoms with Crippen LogP contribution in [0.15, 0.2) is 53.6 Å². The summed E-state index contributed by atoms with van der Waals surface area (Å²) >= 11 is 1.11. The van der Waals surface area contributed by atoms with E-state index in [0.29, 0.717) is 17.3 Å². The molecule has 1 heterocycles. The number of amides is 1. The van der Waals surface area contributed by atoms with Crippen molar-refractivity contribution < 1.29 is 9.59 Å². The van der Waals surface area contributed by atoms with E-state index in [2.05, 4.69) is 24.1 Å². The lowest BCUT2D eigenvalue weighted by Crippen LogP contribution is -2.38. The Bertz CT molecular complexity index is 830. The molecule has 0 aliphatic heterocycles. The molecule has 1 aromatic carbocycles. The normalized spacial score (nSPS) is 15.8. The molecule has 0 saturated heterocycles. The molecule has 1 saturated carbocycles. The van der Waals surface area contributed by atoms with E-state index >= 15 is 0 Å². The lowest BCUT2D eigenvalue weighted by molar-refractivity contribution is -0.128. The third kappa shape index (κ3) is 5.69. The first kappa shape index (κ1) is 21.6. The van der Waals surface area contributed by atoms with E-state index in [1.807, 2.05) is 24.3 Å². The first-order chi connectivity index (χ1) is 14.0. The van der Waals surface area contributed by atoms with Crippen molar-refractivity contribution in [2.45, 2.75) is 63.7 Å². The molecule has 0 atom stereocenters. The summed E-state index contributed by atoms with van der Waals surface area (Å²) in [5, 5.41) is 3.04. The molecule has 0 bridgehead atoms. The van der Waals surface area contributed by atoms with Crippen LogP contribution in [0, 0.1) is 11.3 Å². The summed E-state index contributed by atoms with van der Waals surface area (Å²) < 4.78 is 0. The number of para-hydroxylation sites is 1. The summed E-state index contributed by atoms with van der Waals surface area (Å²) in [6, 6.07) is 12.8. The number of carbonyl (C=O) groups excluding carboxylic acids is 2. The van der Waals surface area contributed by atoms with Gasteiger partial charge < -0.3 is 5.32 Å². The number of pyridine rings is 1. The zero-order valence-electron chi connectivity index (χ0n) is 17.3. The highest BCUT2D eigenvalue weighted by atomic mass is 32.2. The van der Waals surface area contributed by atoms with E-state index in [9.17, 15) is 9.59 Å². The predicted molar refractivity (Wildman–Crippen MR) is 119 cm³/mol. The first-order valence-corrected chi connectivity index (χ1v) is 11.4. The molecular formula is C24H30N2O2S. The van der Waals surface area contributed by atoms with Gasteiger partial charge >= 0.3 is 0 Å². The van der Waals surface area contributed by atoms with Gasteiger partial charge in [0.15, 0.2) is 0 Å². The van der Waals surface area contributed by atoms with Crippen LogP contribution in [0.4, 0.5) is 5.69 Å². The van der Waals surface area contributed by atoms with Crippen LogP contribution in [0.3, 0.4) is 0 Å². The molecule has 0 radical (unpaired) electrons. The summed E-state index contributed by atoms with van der Waals surface area (Å²) in [6.07, 6.45) is 8.94. The Kier molecular flexibility index (Phi) is 7.48. The highest BCUT2D eigenvalue weighted by Gasteiger charge is 2.39. The fourth-order valence-corrected chi connectivity index (χ4v) is 4.73. The average molecular weight is 411 g/mol. The molecule has 0 unspecified atom stereocenters. The van der Waals surface area contributed by atoms with Gasteiger partial charge in [-0.25, -0.2) is 0 Å². The van der Waals surface area contributed by atoms with Crippen LogP contribution >= 0.6 is 11.8 Å². The smallest absolute Gasteiger partial charge is 0.242 e. The fourth-order valence-electron chi connectivity index (χ4n) is 3.93. The first-order valence-electron chi connectivity index (χ1n) is 10.5. The van der Waals surface area contributed by atoms with Crippen LogP contribution in [0.5, 0.6) is 0 Å². The highest BCUT2D eigenvalue weighted by molar-refractivity contribution is 8.14. The number of hydrogen-bond acceptors (Lipinski definition) is 4. The lowest BCUT2D eigenvalue weighted by atomic mass is 9.69. The van der Waals surface area contributed by atoms with E-state index in [1.165, 1.54) is 6.42 Å². The SMILES string of the molecule is CC(C)CCC1(C(=O)Nc2ccccc2SC(=O)c2ccccn2)CCCCC1. The minimum Gasteiger partial charge on any atom is -0.325 e. The van der Waals surface area contributed by atoms with Crippen molar-refractivity contribution >= 4 is 28.5 Å². The molecule has 3 rings (SSSR count). The van der Waals surface area contributed by atoms with Crippen LogP contribution in [0.2, 0.25) is 0 Å². The Morgan fingerprint density at radius 1 is 1.07 bits per heavy atom. The van der Waals surface area contributed by atoms with E-state index in [1.54, 1.807) is 24.4 Å². The quantitative estimate of drug-likeness (QED) is 0.541. The molecule has 5 heteroatoms. The van der Waals surface area contributed by atoms with Gasteiger partial charge in [-0.3, -0.25) is 14.6 Å². The van der Waals surface area contributed by atoms with Crippen molar-refractivity contribution in [3.63, 3.8) is 0 Å². The molecule has 1 aromatic heterocycles. The van der Waals surface area contributed by atoms with Gasteiger partial charge in [0, 0.05) is 16.5 Å². The standard InChI is InChI=1S/C24H30N2O2S/c1-18(2)13-16-24(14-7-3-8-15-24)23(28)26-19-10-4-5-12-21(19)29-22(27)20-11-6-9-17-25-20/h4-6,9-12,17-18H,3,7-8,13-16H2,1-2H3,(H,26,28).